The van der Waals surface area contributed by atoms with Crippen LogP contribution in [0, 0.1) is 12.3 Å². The fraction of sp³-hybridized carbons (Fsp3) is 0.727. The Balaban J connectivity index is 2.27. The Labute approximate surface area is 89.9 Å². The van der Waals surface area contributed by atoms with E-state index in [1.807, 2.05) is 14.0 Å². The van der Waals surface area contributed by atoms with Gasteiger partial charge in [0.2, 0.25) is 5.88 Å². The molecule has 1 aromatic rings. The van der Waals surface area contributed by atoms with Gasteiger partial charge in [0.15, 0.2) is 0 Å². The number of hydrogen-bond donors (Lipinski definition) is 1. The summed E-state index contributed by atoms with van der Waals surface area (Å²) in [6.45, 7) is 2.26. The zero-order valence-corrected chi connectivity index (χ0v) is 9.58. The van der Waals surface area contributed by atoms with Gasteiger partial charge in [0.25, 0.3) is 0 Å². The van der Waals surface area contributed by atoms with Gasteiger partial charge in [0.1, 0.15) is 0 Å². The van der Waals surface area contributed by atoms with Crippen LogP contribution in [-0.4, -0.2) is 28.6 Å². The monoisotopic (exact) mass is 210 g/mol. The molecule has 1 fully saturated rings. The van der Waals surface area contributed by atoms with Crippen LogP contribution in [-0.2, 0) is 13.5 Å². The Morgan fingerprint density at radius 3 is 2.67 bits per heavy atom. The van der Waals surface area contributed by atoms with Crippen LogP contribution in [0.5, 0.6) is 5.88 Å². The Kier molecular flexibility index (Phi) is 2.46. The number of rotatable bonds is 4. The summed E-state index contributed by atoms with van der Waals surface area (Å²) in [6.07, 6.45) is 3.11. The lowest BCUT2D eigenvalue weighted by molar-refractivity contribution is 0.209. The highest BCUT2D eigenvalue weighted by Crippen LogP contribution is 2.49. The molecule has 0 bridgehead atoms. The first-order chi connectivity index (χ1) is 7.12. The molecule has 0 amide bonds. The van der Waals surface area contributed by atoms with Crippen LogP contribution >= 0.6 is 0 Å². The van der Waals surface area contributed by atoms with Gasteiger partial charge in [0, 0.05) is 19.2 Å². The summed E-state index contributed by atoms with van der Waals surface area (Å²) in [5.74, 6) is 0.826. The zero-order chi connectivity index (χ0) is 11.1. The van der Waals surface area contributed by atoms with Crippen LogP contribution in [0.1, 0.15) is 24.1 Å². The van der Waals surface area contributed by atoms with E-state index in [4.69, 9.17) is 4.74 Å². The Hall–Kier alpha value is -1.03. The number of aromatic nitrogens is 2. The van der Waals surface area contributed by atoms with Crippen molar-refractivity contribution in [1.82, 2.24) is 9.78 Å². The summed E-state index contributed by atoms with van der Waals surface area (Å²) in [6, 6.07) is 0. The molecule has 1 saturated carbocycles. The summed E-state index contributed by atoms with van der Waals surface area (Å²) < 4.78 is 7.10. The number of methoxy groups -OCH3 is 1. The third-order valence-electron chi connectivity index (χ3n) is 3.33. The summed E-state index contributed by atoms with van der Waals surface area (Å²) in [5.41, 5.74) is 2.27. The first-order valence-electron chi connectivity index (χ1n) is 5.29. The maximum absolute atomic E-state index is 9.31. The molecule has 84 valence electrons. The molecule has 4 nitrogen and oxygen atoms in total. The van der Waals surface area contributed by atoms with E-state index in [0.29, 0.717) is 0 Å². The fourth-order valence-corrected chi connectivity index (χ4v) is 2.08. The third-order valence-corrected chi connectivity index (χ3v) is 3.33. The molecular weight excluding hydrogens is 192 g/mol. The van der Waals surface area contributed by atoms with E-state index in [2.05, 4.69) is 5.10 Å². The molecule has 1 N–H and O–H groups in total. The SMILES string of the molecule is COc1c(CC2(CO)CC2)c(C)nn1C. The van der Waals surface area contributed by atoms with E-state index in [-0.39, 0.29) is 12.0 Å². The van der Waals surface area contributed by atoms with Crippen molar-refractivity contribution in [2.75, 3.05) is 13.7 Å². The van der Waals surface area contributed by atoms with Crippen molar-refractivity contribution < 1.29 is 9.84 Å². The Morgan fingerprint density at radius 1 is 1.53 bits per heavy atom. The second-order valence-corrected chi connectivity index (χ2v) is 4.53. The first kappa shape index (κ1) is 10.5. The highest BCUT2D eigenvalue weighted by atomic mass is 16.5. The molecule has 0 atom stereocenters. The predicted molar refractivity (Wildman–Crippen MR) is 57.0 cm³/mol. The van der Waals surface area contributed by atoms with Gasteiger partial charge >= 0.3 is 0 Å². The molecule has 0 aliphatic heterocycles. The molecule has 4 heteroatoms. The summed E-state index contributed by atoms with van der Waals surface area (Å²) in [4.78, 5) is 0. The molecule has 0 spiro atoms. The summed E-state index contributed by atoms with van der Waals surface area (Å²) >= 11 is 0. The maximum Gasteiger partial charge on any atom is 0.214 e. The van der Waals surface area contributed by atoms with Crippen molar-refractivity contribution in [2.45, 2.75) is 26.2 Å². The van der Waals surface area contributed by atoms with Gasteiger partial charge in [-0.3, -0.25) is 0 Å². The lowest BCUT2D eigenvalue weighted by Crippen LogP contribution is -2.11. The molecule has 1 heterocycles. The van der Waals surface area contributed by atoms with Crippen molar-refractivity contribution in [2.24, 2.45) is 12.5 Å². The van der Waals surface area contributed by atoms with Gasteiger partial charge in [-0.05, 0) is 31.6 Å². The average molecular weight is 210 g/mol. The van der Waals surface area contributed by atoms with Crippen molar-refractivity contribution >= 4 is 0 Å². The normalized spacial score (nSPS) is 17.9. The van der Waals surface area contributed by atoms with Crippen LogP contribution < -0.4 is 4.74 Å². The van der Waals surface area contributed by atoms with Crippen molar-refractivity contribution in [1.29, 1.82) is 0 Å². The van der Waals surface area contributed by atoms with Crippen molar-refractivity contribution in [3.05, 3.63) is 11.3 Å². The highest BCUT2D eigenvalue weighted by Gasteiger charge is 2.43. The molecule has 1 aliphatic rings. The number of aliphatic hydroxyl groups excluding tert-OH is 1. The topological polar surface area (TPSA) is 47.3 Å². The molecule has 0 saturated heterocycles. The van der Waals surface area contributed by atoms with E-state index < -0.39 is 0 Å². The number of ether oxygens (including phenoxy) is 1. The molecule has 15 heavy (non-hydrogen) atoms. The van der Waals surface area contributed by atoms with Gasteiger partial charge < -0.3 is 9.84 Å². The Morgan fingerprint density at radius 2 is 2.20 bits per heavy atom. The second-order valence-electron chi connectivity index (χ2n) is 4.53. The zero-order valence-electron chi connectivity index (χ0n) is 9.58. The maximum atomic E-state index is 9.31. The van der Waals surface area contributed by atoms with E-state index >= 15 is 0 Å². The largest absolute Gasteiger partial charge is 0.481 e. The highest BCUT2D eigenvalue weighted by molar-refractivity contribution is 5.33. The van der Waals surface area contributed by atoms with Crippen LogP contribution in [0.4, 0.5) is 0 Å². The Bertz CT molecular complexity index is 367. The van der Waals surface area contributed by atoms with Crippen LogP contribution in [0.3, 0.4) is 0 Å². The lowest BCUT2D eigenvalue weighted by atomic mass is 9.98. The van der Waals surface area contributed by atoms with Gasteiger partial charge in [-0.25, -0.2) is 4.68 Å². The summed E-state index contributed by atoms with van der Waals surface area (Å²) in [7, 11) is 3.55. The van der Waals surface area contributed by atoms with Crippen molar-refractivity contribution in [3.8, 4) is 5.88 Å². The lowest BCUT2D eigenvalue weighted by Gasteiger charge is -2.12. The number of hydrogen-bond acceptors (Lipinski definition) is 3. The van der Waals surface area contributed by atoms with Gasteiger partial charge in [-0.15, -0.1) is 0 Å². The van der Waals surface area contributed by atoms with E-state index in [9.17, 15) is 5.11 Å². The first-order valence-corrected chi connectivity index (χ1v) is 5.29. The summed E-state index contributed by atoms with van der Waals surface area (Å²) in [5, 5.41) is 13.6. The number of aliphatic hydroxyl groups is 1. The van der Waals surface area contributed by atoms with E-state index in [1.54, 1.807) is 11.8 Å². The number of aryl methyl sites for hydroxylation is 2. The molecule has 1 aliphatic carbocycles. The van der Waals surface area contributed by atoms with Crippen LogP contribution in [0.15, 0.2) is 0 Å². The van der Waals surface area contributed by atoms with Crippen molar-refractivity contribution in [3.63, 3.8) is 0 Å². The smallest absolute Gasteiger partial charge is 0.214 e. The minimum absolute atomic E-state index is 0.112. The average Bonchev–Trinajstić information content (AvgIpc) is 2.92. The van der Waals surface area contributed by atoms with Gasteiger partial charge in [-0.2, -0.15) is 5.10 Å². The fourth-order valence-electron chi connectivity index (χ4n) is 2.08. The molecule has 0 aromatic carbocycles. The van der Waals surface area contributed by atoms with E-state index in [0.717, 1.165) is 36.4 Å². The van der Waals surface area contributed by atoms with Gasteiger partial charge in [0.05, 0.1) is 12.8 Å². The minimum Gasteiger partial charge on any atom is -0.481 e. The molecule has 0 radical (unpaired) electrons. The quantitative estimate of drug-likeness (QED) is 0.808. The third kappa shape index (κ3) is 1.74. The second kappa shape index (κ2) is 3.52. The molecular formula is C11H18N2O2. The standard InChI is InChI=1S/C11H18N2O2/c1-8-9(6-11(7-14)4-5-11)10(15-3)13(2)12-8/h14H,4-7H2,1-3H3. The van der Waals surface area contributed by atoms with E-state index in [1.165, 1.54) is 0 Å². The molecule has 1 aromatic heterocycles. The van der Waals surface area contributed by atoms with Crippen LogP contribution in [0.2, 0.25) is 0 Å². The number of nitrogens with zero attached hydrogens (tertiary/aromatic N) is 2. The predicted octanol–water partition coefficient (Wildman–Crippen LogP) is 1.05. The minimum atomic E-state index is 0.112. The molecule has 2 rings (SSSR count). The van der Waals surface area contributed by atoms with Crippen LogP contribution in [0.25, 0.3) is 0 Å². The van der Waals surface area contributed by atoms with Gasteiger partial charge in [-0.1, -0.05) is 0 Å². The molecule has 0 unspecified atom stereocenters.